The first-order valence-electron chi connectivity index (χ1n) is 6.74. The normalized spacial score (nSPS) is 11.8. The monoisotopic (exact) mass is 298 g/mol. The lowest BCUT2D eigenvalue weighted by Gasteiger charge is -2.18. The van der Waals surface area contributed by atoms with Gasteiger partial charge < -0.3 is 9.67 Å². The summed E-state index contributed by atoms with van der Waals surface area (Å²) in [4.78, 5) is 0.193. The quantitative estimate of drug-likeness (QED) is 0.738. The van der Waals surface area contributed by atoms with Crippen LogP contribution >= 0.6 is 0 Å². The smallest absolute Gasteiger partial charge is 0.245 e. The molecule has 0 amide bonds. The zero-order valence-electron chi connectivity index (χ0n) is 12.0. The number of sulfonamides is 1. The molecular weight excluding hydrogens is 276 g/mol. The fourth-order valence-electron chi connectivity index (χ4n) is 2.03. The summed E-state index contributed by atoms with van der Waals surface area (Å²) in [6.07, 6.45) is 8.38. The molecule has 0 aliphatic rings. The lowest BCUT2D eigenvalue weighted by molar-refractivity contribution is 0.270. The molecule has 0 radical (unpaired) electrons. The van der Waals surface area contributed by atoms with Gasteiger partial charge in [0.25, 0.3) is 0 Å². The molecule has 5 nitrogen and oxygen atoms in total. The maximum atomic E-state index is 12.5. The Balaban J connectivity index is 3.17. The highest BCUT2D eigenvalue weighted by molar-refractivity contribution is 7.89. The van der Waals surface area contributed by atoms with Gasteiger partial charge in [0, 0.05) is 25.0 Å². The minimum absolute atomic E-state index is 0.0591. The van der Waals surface area contributed by atoms with Crippen LogP contribution in [0, 0.1) is 12.3 Å². The van der Waals surface area contributed by atoms with Gasteiger partial charge >= 0.3 is 0 Å². The summed E-state index contributed by atoms with van der Waals surface area (Å²) in [5.74, 6) is 2.38. The molecule has 0 saturated carbocycles. The van der Waals surface area contributed by atoms with Crippen molar-refractivity contribution < 1.29 is 13.5 Å². The molecule has 1 rings (SSSR count). The zero-order valence-corrected chi connectivity index (χ0v) is 12.9. The van der Waals surface area contributed by atoms with Gasteiger partial charge in [-0.3, -0.25) is 0 Å². The number of aliphatic hydroxyl groups is 1. The van der Waals surface area contributed by atoms with Crippen LogP contribution in [0.15, 0.2) is 17.2 Å². The van der Waals surface area contributed by atoms with Crippen molar-refractivity contribution in [3.8, 4) is 12.3 Å². The second kappa shape index (κ2) is 7.48. The summed E-state index contributed by atoms with van der Waals surface area (Å²) in [5, 5.41) is 9.31. The maximum Gasteiger partial charge on any atom is 0.245 e. The number of hydrogen-bond acceptors (Lipinski definition) is 3. The Morgan fingerprint density at radius 1 is 1.40 bits per heavy atom. The lowest BCUT2D eigenvalue weighted by Crippen LogP contribution is -2.32. The van der Waals surface area contributed by atoms with E-state index < -0.39 is 10.0 Å². The van der Waals surface area contributed by atoms with Gasteiger partial charge in [0.2, 0.25) is 10.0 Å². The Labute approximate surface area is 121 Å². The van der Waals surface area contributed by atoms with Crippen molar-refractivity contribution in [1.29, 1.82) is 0 Å². The molecule has 0 atom stereocenters. The highest BCUT2D eigenvalue weighted by Crippen LogP contribution is 2.20. The van der Waals surface area contributed by atoms with Crippen LogP contribution in [0.3, 0.4) is 0 Å². The molecular formula is C14H22N2O3S. The van der Waals surface area contributed by atoms with Crippen LogP contribution in [0.5, 0.6) is 0 Å². The van der Waals surface area contributed by atoms with E-state index in [1.165, 1.54) is 10.4 Å². The second-order valence-corrected chi connectivity index (χ2v) is 6.50. The van der Waals surface area contributed by atoms with Crippen LogP contribution in [0.1, 0.15) is 32.4 Å². The van der Waals surface area contributed by atoms with E-state index in [4.69, 9.17) is 6.42 Å². The molecule has 0 saturated heterocycles. The van der Waals surface area contributed by atoms with E-state index in [2.05, 4.69) is 5.92 Å². The van der Waals surface area contributed by atoms with Gasteiger partial charge in [-0.1, -0.05) is 19.8 Å². The van der Waals surface area contributed by atoms with E-state index in [0.29, 0.717) is 25.2 Å². The lowest BCUT2D eigenvalue weighted by atomic mass is 10.4. The molecule has 0 spiro atoms. The summed E-state index contributed by atoms with van der Waals surface area (Å²) in [6.45, 7) is 4.84. The molecule has 1 aromatic rings. The molecule has 20 heavy (non-hydrogen) atoms. The third kappa shape index (κ3) is 3.63. The Morgan fingerprint density at radius 2 is 2.10 bits per heavy atom. The van der Waals surface area contributed by atoms with Crippen LogP contribution < -0.4 is 0 Å². The van der Waals surface area contributed by atoms with Gasteiger partial charge in [-0.2, -0.15) is 4.31 Å². The van der Waals surface area contributed by atoms with Gasteiger partial charge in [0.05, 0.1) is 13.2 Å². The predicted octanol–water partition coefficient (Wildman–Crippen LogP) is 1.42. The van der Waals surface area contributed by atoms with Crippen molar-refractivity contribution in [2.75, 3.05) is 13.1 Å². The standard InChI is InChI=1S/C14H22N2O3S/c1-4-7-15-11-14(10-13(15)12-17)20(18,19)16(8-5-2)9-6-3/h2,10-11,17H,4,6-9,12H2,1,3H3. The average molecular weight is 298 g/mol. The molecule has 1 heterocycles. The minimum atomic E-state index is -3.60. The Morgan fingerprint density at radius 3 is 2.60 bits per heavy atom. The van der Waals surface area contributed by atoms with Crippen LogP contribution in [0.25, 0.3) is 0 Å². The molecule has 0 aliphatic carbocycles. The first-order chi connectivity index (χ1) is 9.51. The summed E-state index contributed by atoms with van der Waals surface area (Å²) in [5.41, 5.74) is 0.600. The highest BCUT2D eigenvalue weighted by Gasteiger charge is 2.25. The molecule has 0 fully saturated rings. The summed E-state index contributed by atoms with van der Waals surface area (Å²) in [7, 11) is -3.60. The van der Waals surface area contributed by atoms with Crippen molar-refractivity contribution in [2.24, 2.45) is 0 Å². The van der Waals surface area contributed by atoms with E-state index >= 15 is 0 Å². The Bertz CT molecular complexity index is 570. The number of hydrogen-bond donors (Lipinski definition) is 1. The largest absolute Gasteiger partial charge is 0.390 e. The van der Waals surface area contributed by atoms with E-state index in [1.54, 1.807) is 10.8 Å². The van der Waals surface area contributed by atoms with Crippen LogP contribution in [0.2, 0.25) is 0 Å². The molecule has 0 aliphatic heterocycles. The molecule has 112 valence electrons. The second-order valence-electron chi connectivity index (χ2n) is 4.56. The number of nitrogens with zero attached hydrogens (tertiary/aromatic N) is 2. The Hall–Kier alpha value is -1.29. The predicted molar refractivity (Wildman–Crippen MR) is 78.5 cm³/mol. The Kier molecular flexibility index (Phi) is 6.27. The fourth-order valence-corrected chi connectivity index (χ4v) is 3.54. The number of terminal acetylenes is 1. The topological polar surface area (TPSA) is 62.5 Å². The van der Waals surface area contributed by atoms with Gasteiger partial charge in [0.1, 0.15) is 4.90 Å². The third-order valence-electron chi connectivity index (χ3n) is 2.97. The van der Waals surface area contributed by atoms with Crippen molar-refractivity contribution in [3.05, 3.63) is 18.0 Å². The summed E-state index contributed by atoms with van der Waals surface area (Å²) >= 11 is 0. The first kappa shape index (κ1) is 16.8. The average Bonchev–Trinajstić information content (AvgIpc) is 2.83. The van der Waals surface area contributed by atoms with E-state index in [0.717, 1.165) is 6.42 Å². The van der Waals surface area contributed by atoms with Crippen molar-refractivity contribution in [2.45, 2.75) is 44.7 Å². The van der Waals surface area contributed by atoms with Crippen molar-refractivity contribution in [3.63, 3.8) is 0 Å². The highest BCUT2D eigenvalue weighted by atomic mass is 32.2. The number of aliphatic hydroxyl groups excluding tert-OH is 1. The van der Waals surface area contributed by atoms with Crippen molar-refractivity contribution in [1.82, 2.24) is 8.87 Å². The SMILES string of the molecule is C#CCN(CCC)S(=O)(=O)c1cc(CO)n(CCC)c1. The van der Waals surface area contributed by atoms with Crippen molar-refractivity contribution >= 4 is 10.0 Å². The molecule has 1 N–H and O–H groups in total. The fraction of sp³-hybridized carbons (Fsp3) is 0.571. The van der Waals surface area contributed by atoms with Crippen LogP contribution in [0.4, 0.5) is 0 Å². The number of aromatic nitrogens is 1. The van der Waals surface area contributed by atoms with Crippen LogP contribution in [-0.4, -0.2) is 35.5 Å². The van der Waals surface area contributed by atoms with Gasteiger partial charge in [0.15, 0.2) is 0 Å². The first-order valence-corrected chi connectivity index (χ1v) is 8.18. The third-order valence-corrected chi connectivity index (χ3v) is 4.78. The van der Waals surface area contributed by atoms with Crippen LogP contribution in [-0.2, 0) is 23.2 Å². The molecule has 0 unspecified atom stereocenters. The molecule has 1 aromatic heterocycles. The molecule has 0 bridgehead atoms. The van der Waals surface area contributed by atoms with Gasteiger partial charge in [-0.05, 0) is 18.9 Å². The van der Waals surface area contributed by atoms with E-state index in [-0.39, 0.29) is 18.0 Å². The summed E-state index contributed by atoms with van der Waals surface area (Å²) in [6, 6.07) is 1.52. The number of aryl methyl sites for hydroxylation is 1. The van der Waals surface area contributed by atoms with E-state index in [1.807, 2.05) is 13.8 Å². The summed E-state index contributed by atoms with van der Waals surface area (Å²) < 4.78 is 28.1. The zero-order chi connectivity index (χ0) is 15.2. The van der Waals surface area contributed by atoms with E-state index in [9.17, 15) is 13.5 Å². The minimum Gasteiger partial charge on any atom is -0.390 e. The number of rotatable bonds is 8. The molecule has 0 aromatic carbocycles. The maximum absolute atomic E-state index is 12.5. The van der Waals surface area contributed by atoms with Gasteiger partial charge in [-0.15, -0.1) is 6.42 Å². The molecule has 6 heteroatoms. The van der Waals surface area contributed by atoms with Gasteiger partial charge in [-0.25, -0.2) is 8.42 Å².